The third-order valence-corrected chi connectivity index (χ3v) is 5.14. The maximum atomic E-state index is 12.6. The highest BCUT2D eigenvalue weighted by molar-refractivity contribution is 5.98. The van der Waals surface area contributed by atoms with Crippen LogP contribution in [-0.2, 0) is 11.8 Å². The number of nitrogens with one attached hydrogen (secondary N) is 1. The van der Waals surface area contributed by atoms with Gasteiger partial charge in [0.2, 0.25) is 5.91 Å². The number of piperazine rings is 1. The lowest BCUT2D eigenvalue weighted by Gasteiger charge is -2.35. The maximum absolute atomic E-state index is 12.6. The fourth-order valence-corrected chi connectivity index (χ4v) is 3.69. The van der Waals surface area contributed by atoms with Crippen molar-refractivity contribution in [2.45, 2.75) is 25.7 Å². The lowest BCUT2D eigenvalue weighted by molar-refractivity contribution is -0.120. The number of hydrogen-bond acceptors (Lipinski definition) is 4. The first-order chi connectivity index (χ1) is 12.7. The van der Waals surface area contributed by atoms with Crippen molar-refractivity contribution in [2.75, 3.05) is 57.8 Å². The fourth-order valence-electron chi connectivity index (χ4n) is 3.69. The number of likely N-dealkylation sites (tertiary alicyclic amines) is 1. The Morgan fingerprint density at radius 3 is 2.58 bits per heavy atom. The summed E-state index contributed by atoms with van der Waals surface area (Å²) in [4.78, 5) is 23.3. The zero-order valence-corrected chi connectivity index (χ0v) is 16.0. The molecular weight excluding hydrogens is 330 g/mol. The molecule has 0 unspecified atom stereocenters. The molecule has 1 aromatic rings. The molecule has 26 heavy (non-hydrogen) atoms. The molecule has 0 aliphatic carbocycles. The van der Waals surface area contributed by atoms with Gasteiger partial charge in [0.1, 0.15) is 6.54 Å². The summed E-state index contributed by atoms with van der Waals surface area (Å²) in [6.45, 7) is 6.05. The summed E-state index contributed by atoms with van der Waals surface area (Å²) in [5.41, 5.74) is 0.862. The Balaban J connectivity index is 1.47. The van der Waals surface area contributed by atoms with Crippen LogP contribution >= 0.6 is 0 Å². The Kier molecular flexibility index (Phi) is 6.49. The van der Waals surface area contributed by atoms with Gasteiger partial charge in [0, 0.05) is 46.5 Å². The molecule has 8 nitrogen and oxygen atoms in total. The van der Waals surface area contributed by atoms with Gasteiger partial charge < -0.3 is 20.0 Å². The highest BCUT2D eigenvalue weighted by Gasteiger charge is 2.27. The smallest absolute Gasteiger partial charge is 0.246 e. The zero-order valence-electron chi connectivity index (χ0n) is 16.0. The number of carbonyl (C=O) groups is 1. The van der Waals surface area contributed by atoms with Crippen molar-refractivity contribution in [1.29, 1.82) is 0 Å². The summed E-state index contributed by atoms with van der Waals surface area (Å²) in [7, 11) is 3.65. The van der Waals surface area contributed by atoms with E-state index < -0.39 is 0 Å². The Morgan fingerprint density at radius 2 is 1.96 bits per heavy atom. The second-order valence-corrected chi connectivity index (χ2v) is 7.07. The van der Waals surface area contributed by atoms with Gasteiger partial charge in [-0.05, 0) is 25.9 Å². The van der Waals surface area contributed by atoms with Crippen LogP contribution in [0.1, 0.15) is 25.7 Å². The van der Waals surface area contributed by atoms with Gasteiger partial charge in [-0.2, -0.15) is 5.10 Å². The first kappa shape index (κ1) is 18.7. The van der Waals surface area contributed by atoms with Crippen LogP contribution in [0.2, 0.25) is 0 Å². The normalized spacial score (nSPS) is 20.4. The van der Waals surface area contributed by atoms with Crippen LogP contribution in [0.3, 0.4) is 0 Å². The van der Waals surface area contributed by atoms with Crippen molar-refractivity contribution in [2.24, 2.45) is 12.0 Å². The van der Waals surface area contributed by atoms with Crippen LogP contribution in [-0.4, -0.2) is 84.3 Å². The number of aliphatic imine (C=N–C) groups is 1. The fraction of sp³-hybridized carbons (Fsp3) is 0.722. The molecule has 2 aliphatic rings. The van der Waals surface area contributed by atoms with Crippen molar-refractivity contribution in [1.82, 2.24) is 24.9 Å². The predicted octanol–water partition coefficient (Wildman–Crippen LogP) is 0.520. The quantitative estimate of drug-likeness (QED) is 0.625. The molecule has 0 bridgehead atoms. The Morgan fingerprint density at radius 1 is 1.19 bits per heavy atom. The molecule has 0 aromatic carbocycles. The molecule has 3 heterocycles. The van der Waals surface area contributed by atoms with Gasteiger partial charge in [-0.3, -0.25) is 14.5 Å². The lowest BCUT2D eigenvalue weighted by Crippen LogP contribution is -2.56. The average Bonchev–Trinajstić information content (AvgIpc) is 2.90. The molecule has 0 saturated carbocycles. The monoisotopic (exact) mass is 361 g/mol. The molecule has 2 saturated heterocycles. The highest BCUT2D eigenvalue weighted by Crippen LogP contribution is 2.16. The minimum atomic E-state index is 0.0831. The second-order valence-electron chi connectivity index (χ2n) is 7.07. The van der Waals surface area contributed by atoms with E-state index in [0.717, 1.165) is 31.3 Å². The number of aryl methyl sites for hydroxylation is 1. The molecule has 8 heteroatoms. The summed E-state index contributed by atoms with van der Waals surface area (Å²) in [6, 6.07) is 0. The summed E-state index contributed by atoms with van der Waals surface area (Å²) in [6.07, 6.45) is 8.94. The number of rotatable bonds is 4. The SMILES string of the molecule is CN=C(NCCN1CCCCCC1)N1CCN(c2cnn(C)c2)C(=O)C1. The van der Waals surface area contributed by atoms with Crippen molar-refractivity contribution in [3.63, 3.8) is 0 Å². The Hall–Kier alpha value is -2.09. The summed E-state index contributed by atoms with van der Waals surface area (Å²) >= 11 is 0. The van der Waals surface area contributed by atoms with E-state index >= 15 is 0 Å². The van der Waals surface area contributed by atoms with Gasteiger partial charge in [-0.15, -0.1) is 0 Å². The van der Waals surface area contributed by atoms with E-state index in [4.69, 9.17) is 0 Å². The number of aromatic nitrogens is 2. The number of nitrogens with zero attached hydrogens (tertiary/aromatic N) is 6. The number of amides is 1. The van der Waals surface area contributed by atoms with Crippen LogP contribution in [0.25, 0.3) is 0 Å². The van der Waals surface area contributed by atoms with E-state index in [-0.39, 0.29) is 5.91 Å². The third-order valence-electron chi connectivity index (χ3n) is 5.14. The number of anilines is 1. The van der Waals surface area contributed by atoms with Crippen LogP contribution in [0.4, 0.5) is 5.69 Å². The molecule has 1 N–H and O–H groups in total. The van der Waals surface area contributed by atoms with Crippen molar-refractivity contribution in [3.8, 4) is 0 Å². The van der Waals surface area contributed by atoms with Crippen LogP contribution in [0.5, 0.6) is 0 Å². The van der Waals surface area contributed by atoms with Crippen molar-refractivity contribution in [3.05, 3.63) is 12.4 Å². The Labute approximate surface area is 155 Å². The van der Waals surface area contributed by atoms with E-state index in [0.29, 0.717) is 13.1 Å². The summed E-state index contributed by atoms with van der Waals surface area (Å²) in [5.74, 6) is 0.902. The van der Waals surface area contributed by atoms with Gasteiger partial charge in [-0.1, -0.05) is 12.8 Å². The first-order valence-corrected chi connectivity index (χ1v) is 9.64. The predicted molar refractivity (Wildman–Crippen MR) is 103 cm³/mol. The molecular formula is C18H31N7O. The van der Waals surface area contributed by atoms with Crippen LogP contribution in [0, 0.1) is 0 Å². The Bertz CT molecular complexity index is 619. The molecule has 0 spiro atoms. The largest absolute Gasteiger partial charge is 0.355 e. The molecule has 2 aliphatic heterocycles. The van der Waals surface area contributed by atoms with E-state index in [9.17, 15) is 4.79 Å². The zero-order chi connectivity index (χ0) is 18.4. The minimum Gasteiger partial charge on any atom is -0.355 e. The molecule has 3 rings (SSSR count). The second kappa shape index (κ2) is 9.02. The van der Waals surface area contributed by atoms with Crippen molar-refractivity contribution >= 4 is 17.6 Å². The molecule has 0 radical (unpaired) electrons. The molecule has 0 atom stereocenters. The van der Waals surface area contributed by atoms with Gasteiger partial charge >= 0.3 is 0 Å². The third kappa shape index (κ3) is 4.75. The molecule has 1 amide bonds. The number of guanidine groups is 1. The number of carbonyl (C=O) groups excluding carboxylic acids is 1. The van der Waals surface area contributed by atoms with Crippen LogP contribution in [0.15, 0.2) is 17.4 Å². The van der Waals surface area contributed by atoms with Crippen molar-refractivity contribution < 1.29 is 4.79 Å². The van der Waals surface area contributed by atoms with Crippen LogP contribution < -0.4 is 10.2 Å². The van der Waals surface area contributed by atoms with Gasteiger partial charge in [-0.25, -0.2) is 0 Å². The van der Waals surface area contributed by atoms with Gasteiger partial charge in [0.05, 0.1) is 11.9 Å². The topological polar surface area (TPSA) is 69.0 Å². The summed E-state index contributed by atoms with van der Waals surface area (Å²) in [5, 5.41) is 7.59. The summed E-state index contributed by atoms with van der Waals surface area (Å²) < 4.78 is 1.72. The number of hydrogen-bond donors (Lipinski definition) is 1. The van der Waals surface area contributed by atoms with E-state index in [1.165, 1.54) is 38.8 Å². The molecule has 1 aromatic heterocycles. The molecule has 2 fully saturated rings. The van der Waals surface area contributed by atoms with E-state index in [2.05, 4.69) is 20.3 Å². The minimum absolute atomic E-state index is 0.0831. The maximum Gasteiger partial charge on any atom is 0.246 e. The van der Waals surface area contributed by atoms with E-state index in [1.54, 1.807) is 22.8 Å². The first-order valence-electron chi connectivity index (χ1n) is 9.64. The average molecular weight is 361 g/mol. The highest BCUT2D eigenvalue weighted by atomic mass is 16.2. The van der Waals surface area contributed by atoms with Gasteiger partial charge in [0.15, 0.2) is 5.96 Å². The van der Waals surface area contributed by atoms with E-state index in [1.807, 2.05) is 18.1 Å². The van der Waals surface area contributed by atoms with Gasteiger partial charge in [0.25, 0.3) is 0 Å². The lowest BCUT2D eigenvalue weighted by atomic mass is 10.2. The molecule has 144 valence electrons. The standard InChI is InChI=1S/C18H31N7O/c1-19-18(20-7-10-23-8-5-3-4-6-9-23)24-11-12-25(17(26)15-24)16-13-21-22(2)14-16/h13-14H,3-12,15H2,1-2H3,(H,19,20).